The van der Waals surface area contributed by atoms with E-state index in [4.69, 9.17) is 0 Å². The lowest BCUT2D eigenvalue weighted by Crippen LogP contribution is -2.18. The molecule has 0 spiro atoms. The molecule has 1 unspecified atom stereocenters. The van der Waals surface area contributed by atoms with E-state index < -0.39 is 0 Å². The van der Waals surface area contributed by atoms with Gasteiger partial charge in [0.1, 0.15) is 0 Å². The van der Waals surface area contributed by atoms with Crippen LogP contribution in [0.2, 0.25) is 0 Å². The van der Waals surface area contributed by atoms with E-state index in [2.05, 4.69) is 97.2 Å². The molecular formula is C23H21N. The van der Waals surface area contributed by atoms with E-state index in [-0.39, 0.29) is 0 Å². The Bertz CT molecular complexity index is 982. The van der Waals surface area contributed by atoms with Gasteiger partial charge in [-0.3, -0.25) is 0 Å². The number of benzene rings is 4. The average molecular weight is 311 g/mol. The standard InChI is InChI=1S/C23H21N/c1-17(22-12-6-10-20-8-4-5-11-23(20)22)24-16-18-13-14-19-7-2-3-9-21(19)15-18/h2-15,17,24H,16H2,1H3. The van der Waals surface area contributed by atoms with Crippen LogP contribution in [0, 0.1) is 0 Å². The summed E-state index contributed by atoms with van der Waals surface area (Å²) in [5.74, 6) is 0. The molecule has 4 rings (SSSR count). The van der Waals surface area contributed by atoms with Gasteiger partial charge < -0.3 is 5.32 Å². The third-order valence-electron chi connectivity index (χ3n) is 4.72. The molecule has 0 aliphatic rings. The van der Waals surface area contributed by atoms with E-state index in [0.717, 1.165) is 6.54 Å². The van der Waals surface area contributed by atoms with Gasteiger partial charge in [-0.05, 0) is 45.7 Å². The summed E-state index contributed by atoms with van der Waals surface area (Å²) in [6.45, 7) is 3.11. The lowest BCUT2D eigenvalue weighted by atomic mass is 9.99. The van der Waals surface area contributed by atoms with Crippen LogP contribution in [-0.2, 0) is 6.54 Å². The highest BCUT2D eigenvalue weighted by molar-refractivity contribution is 5.86. The highest BCUT2D eigenvalue weighted by atomic mass is 14.9. The molecule has 0 aliphatic heterocycles. The Hall–Kier alpha value is -2.64. The lowest BCUT2D eigenvalue weighted by Gasteiger charge is -2.17. The molecule has 4 aromatic rings. The first kappa shape index (κ1) is 14.9. The van der Waals surface area contributed by atoms with Crippen LogP contribution >= 0.6 is 0 Å². The predicted molar refractivity (Wildman–Crippen MR) is 103 cm³/mol. The van der Waals surface area contributed by atoms with Gasteiger partial charge in [-0.2, -0.15) is 0 Å². The summed E-state index contributed by atoms with van der Waals surface area (Å²) < 4.78 is 0. The van der Waals surface area contributed by atoms with Gasteiger partial charge in [0.2, 0.25) is 0 Å². The first-order chi connectivity index (χ1) is 11.8. The lowest BCUT2D eigenvalue weighted by molar-refractivity contribution is 0.578. The molecule has 0 aliphatic carbocycles. The third-order valence-corrected chi connectivity index (χ3v) is 4.72. The van der Waals surface area contributed by atoms with Crippen molar-refractivity contribution in [2.45, 2.75) is 19.5 Å². The fourth-order valence-electron chi connectivity index (χ4n) is 3.36. The van der Waals surface area contributed by atoms with Crippen LogP contribution < -0.4 is 5.32 Å². The summed E-state index contributed by atoms with van der Waals surface area (Å²) in [7, 11) is 0. The van der Waals surface area contributed by atoms with Crippen molar-refractivity contribution in [3.05, 3.63) is 96.1 Å². The number of rotatable bonds is 4. The normalized spacial score (nSPS) is 12.5. The molecule has 0 saturated heterocycles. The van der Waals surface area contributed by atoms with Crippen LogP contribution in [0.3, 0.4) is 0 Å². The minimum absolute atomic E-state index is 0.308. The molecule has 1 heteroatoms. The first-order valence-corrected chi connectivity index (χ1v) is 8.50. The fraction of sp³-hybridized carbons (Fsp3) is 0.130. The van der Waals surface area contributed by atoms with Crippen molar-refractivity contribution in [1.29, 1.82) is 0 Å². The van der Waals surface area contributed by atoms with Gasteiger partial charge in [0.15, 0.2) is 0 Å². The van der Waals surface area contributed by atoms with E-state index in [1.807, 2.05) is 0 Å². The molecule has 0 aromatic heterocycles. The van der Waals surface area contributed by atoms with Gasteiger partial charge in [-0.1, -0.05) is 78.9 Å². The Balaban J connectivity index is 1.55. The van der Waals surface area contributed by atoms with Crippen LogP contribution in [0.25, 0.3) is 21.5 Å². The second-order valence-corrected chi connectivity index (χ2v) is 6.35. The Morgan fingerprint density at radius 2 is 1.42 bits per heavy atom. The van der Waals surface area contributed by atoms with Gasteiger partial charge in [-0.25, -0.2) is 0 Å². The zero-order chi connectivity index (χ0) is 16.4. The predicted octanol–water partition coefficient (Wildman–Crippen LogP) is 5.84. The Kier molecular flexibility index (Phi) is 4.02. The minimum Gasteiger partial charge on any atom is -0.306 e. The fourth-order valence-corrected chi connectivity index (χ4v) is 3.36. The minimum atomic E-state index is 0.308. The number of hydrogen-bond donors (Lipinski definition) is 1. The summed E-state index contributed by atoms with van der Waals surface area (Å²) in [4.78, 5) is 0. The zero-order valence-electron chi connectivity index (χ0n) is 13.9. The van der Waals surface area contributed by atoms with E-state index in [1.165, 1.54) is 32.7 Å². The maximum atomic E-state index is 3.67. The summed E-state index contributed by atoms with van der Waals surface area (Å²) in [5, 5.41) is 8.90. The Morgan fingerprint density at radius 1 is 0.708 bits per heavy atom. The first-order valence-electron chi connectivity index (χ1n) is 8.50. The number of nitrogens with one attached hydrogen (secondary N) is 1. The Morgan fingerprint density at radius 3 is 2.29 bits per heavy atom. The maximum Gasteiger partial charge on any atom is 0.0301 e. The van der Waals surface area contributed by atoms with Crippen molar-refractivity contribution >= 4 is 21.5 Å². The van der Waals surface area contributed by atoms with E-state index in [0.29, 0.717) is 6.04 Å². The van der Waals surface area contributed by atoms with Crippen LogP contribution in [0.4, 0.5) is 0 Å². The highest BCUT2D eigenvalue weighted by Gasteiger charge is 2.08. The topological polar surface area (TPSA) is 12.0 Å². The molecule has 0 radical (unpaired) electrons. The van der Waals surface area contributed by atoms with Crippen LogP contribution in [0.15, 0.2) is 84.9 Å². The molecule has 0 bridgehead atoms. The van der Waals surface area contributed by atoms with Crippen molar-refractivity contribution in [2.24, 2.45) is 0 Å². The quantitative estimate of drug-likeness (QED) is 0.499. The smallest absolute Gasteiger partial charge is 0.0301 e. The summed E-state index contributed by atoms with van der Waals surface area (Å²) in [6.07, 6.45) is 0. The van der Waals surface area contributed by atoms with Gasteiger partial charge >= 0.3 is 0 Å². The van der Waals surface area contributed by atoms with Crippen molar-refractivity contribution in [3.63, 3.8) is 0 Å². The second-order valence-electron chi connectivity index (χ2n) is 6.35. The Labute approximate surface area is 142 Å². The third kappa shape index (κ3) is 2.91. The SMILES string of the molecule is CC(NCc1ccc2ccccc2c1)c1cccc2ccccc12. The molecule has 24 heavy (non-hydrogen) atoms. The average Bonchev–Trinajstić information content (AvgIpc) is 2.65. The summed E-state index contributed by atoms with van der Waals surface area (Å²) in [5.41, 5.74) is 2.68. The van der Waals surface area contributed by atoms with Crippen molar-refractivity contribution in [3.8, 4) is 0 Å². The maximum absolute atomic E-state index is 3.67. The van der Waals surface area contributed by atoms with Gasteiger partial charge in [0, 0.05) is 12.6 Å². The van der Waals surface area contributed by atoms with Gasteiger partial charge in [0.05, 0.1) is 0 Å². The van der Waals surface area contributed by atoms with Crippen LogP contribution in [0.1, 0.15) is 24.1 Å². The van der Waals surface area contributed by atoms with E-state index in [1.54, 1.807) is 0 Å². The van der Waals surface area contributed by atoms with E-state index >= 15 is 0 Å². The molecule has 0 amide bonds. The molecule has 0 heterocycles. The molecule has 118 valence electrons. The largest absolute Gasteiger partial charge is 0.306 e. The molecule has 0 saturated carbocycles. The molecule has 4 aromatic carbocycles. The monoisotopic (exact) mass is 311 g/mol. The molecule has 1 nitrogen and oxygen atoms in total. The molecule has 0 fully saturated rings. The van der Waals surface area contributed by atoms with Crippen LogP contribution in [0.5, 0.6) is 0 Å². The second kappa shape index (κ2) is 6.46. The van der Waals surface area contributed by atoms with Gasteiger partial charge in [-0.15, -0.1) is 0 Å². The molecular weight excluding hydrogens is 290 g/mol. The van der Waals surface area contributed by atoms with Crippen molar-refractivity contribution < 1.29 is 0 Å². The molecule has 1 atom stereocenters. The highest BCUT2D eigenvalue weighted by Crippen LogP contribution is 2.24. The zero-order valence-corrected chi connectivity index (χ0v) is 13.9. The van der Waals surface area contributed by atoms with Crippen molar-refractivity contribution in [1.82, 2.24) is 5.32 Å². The summed E-state index contributed by atoms with van der Waals surface area (Å²) in [6, 6.07) is 30.6. The van der Waals surface area contributed by atoms with Gasteiger partial charge in [0.25, 0.3) is 0 Å². The van der Waals surface area contributed by atoms with Crippen molar-refractivity contribution in [2.75, 3.05) is 0 Å². The number of fused-ring (bicyclic) bond motifs is 2. The van der Waals surface area contributed by atoms with E-state index in [9.17, 15) is 0 Å². The molecule has 1 N–H and O–H groups in total. The number of hydrogen-bond acceptors (Lipinski definition) is 1. The summed E-state index contributed by atoms with van der Waals surface area (Å²) >= 11 is 0. The van der Waals surface area contributed by atoms with Crippen LogP contribution in [-0.4, -0.2) is 0 Å².